The first-order valence-electron chi connectivity index (χ1n) is 9.84. The first-order valence-corrected chi connectivity index (χ1v) is 9.84. The molecule has 0 unspecified atom stereocenters. The number of carbonyl (C=O) groups excluding carboxylic acids is 1. The highest BCUT2D eigenvalue weighted by Gasteiger charge is 2.14. The van der Waals surface area contributed by atoms with Crippen LogP contribution in [0.4, 0.5) is 0 Å². The van der Waals surface area contributed by atoms with Gasteiger partial charge in [-0.3, -0.25) is 14.2 Å². The van der Waals surface area contributed by atoms with Crippen molar-refractivity contribution in [1.29, 1.82) is 0 Å². The predicted octanol–water partition coefficient (Wildman–Crippen LogP) is 1.46. The molecule has 28 heavy (non-hydrogen) atoms. The van der Waals surface area contributed by atoms with E-state index in [9.17, 15) is 9.59 Å². The van der Waals surface area contributed by atoms with E-state index in [1.54, 1.807) is 12.1 Å². The maximum Gasteiger partial charge on any atom is 0.261 e. The zero-order chi connectivity index (χ0) is 19.3. The molecule has 1 aromatic carbocycles. The van der Waals surface area contributed by atoms with E-state index in [1.165, 1.54) is 17.3 Å². The Bertz CT molecular complexity index is 1040. The van der Waals surface area contributed by atoms with Crippen molar-refractivity contribution >= 4 is 16.8 Å². The molecule has 0 atom stereocenters. The highest BCUT2D eigenvalue weighted by molar-refractivity contribution is 5.77. The van der Waals surface area contributed by atoms with Crippen molar-refractivity contribution in [2.75, 3.05) is 6.54 Å². The molecule has 0 aliphatic carbocycles. The molecule has 0 saturated carbocycles. The number of amides is 1. The molecule has 0 spiro atoms. The van der Waals surface area contributed by atoms with Gasteiger partial charge in [0.2, 0.25) is 5.91 Å². The zero-order valence-corrected chi connectivity index (χ0v) is 15.8. The van der Waals surface area contributed by atoms with Gasteiger partial charge in [-0.1, -0.05) is 18.6 Å². The summed E-state index contributed by atoms with van der Waals surface area (Å²) in [5.41, 5.74) is 0.546. The summed E-state index contributed by atoms with van der Waals surface area (Å²) < 4.78 is 3.68. The summed E-state index contributed by atoms with van der Waals surface area (Å²) in [4.78, 5) is 28.9. The topological polar surface area (TPSA) is 94.7 Å². The fraction of sp³-hybridized carbons (Fsp3) is 0.450. The number of aromatic nitrogens is 5. The van der Waals surface area contributed by atoms with Gasteiger partial charge >= 0.3 is 0 Å². The lowest BCUT2D eigenvalue weighted by Gasteiger charge is -2.09. The van der Waals surface area contributed by atoms with Gasteiger partial charge in [0, 0.05) is 38.9 Å². The Kier molecular flexibility index (Phi) is 5.45. The van der Waals surface area contributed by atoms with E-state index in [-0.39, 0.29) is 17.9 Å². The Labute approximate surface area is 162 Å². The number of nitrogens with zero attached hydrogens (tertiary/aromatic N) is 5. The van der Waals surface area contributed by atoms with Crippen LogP contribution in [0.15, 0.2) is 35.4 Å². The molecule has 1 amide bonds. The summed E-state index contributed by atoms with van der Waals surface area (Å²) in [6.45, 7) is 1.79. The quantitative estimate of drug-likeness (QED) is 0.699. The van der Waals surface area contributed by atoms with E-state index in [0.717, 1.165) is 37.5 Å². The third-order valence-electron chi connectivity index (χ3n) is 5.17. The number of rotatable bonds is 6. The number of hydrogen-bond acceptors (Lipinski definition) is 5. The van der Waals surface area contributed by atoms with E-state index in [1.807, 2.05) is 12.1 Å². The maximum atomic E-state index is 12.4. The first-order chi connectivity index (χ1) is 13.7. The molecule has 4 rings (SSSR count). The zero-order valence-electron chi connectivity index (χ0n) is 15.8. The van der Waals surface area contributed by atoms with Crippen molar-refractivity contribution in [1.82, 2.24) is 29.6 Å². The minimum atomic E-state index is -0.121. The standard InChI is InChI=1S/C20H24N6O2/c27-19(10-13-25-14-22-16-7-4-3-6-15(16)20(25)28)21-11-9-18-24-23-17-8-2-1-5-12-26(17)18/h3-4,6-7,14H,1-2,5,8-13H2,(H,21,27). The van der Waals surface area contributed by atoms with Crippen LogP contribution in [-0.2, 0) is 30.7 Å². The Morgan fingerprint density at radius 3 is 2.96 bits per heavy atom. The maximum absolute atomic E-state index is 12.4. The van der Waals surface area contributed by atoms with Crippen molar-refractivity contribution in [2.45, 2.75) is 51.6 Å². The molecule has 1 aliphatic rings. The van der Waals surface area contributed by atoms with E-state index in [2.05, 4.69) is 25.1 Å². The SMILES string of the molecule is O=C(CCn1cnc2ccccc2c1=O)NCCc1nnc2n1CCCCC2. The lowest BCUT2D eigenvalue weighted by Crippen LogP contribution is -2.29. The van der Waals surface area contributed by atoms with E-state index in [0.29, 0.717) is 30.4 Å². The van der Waals surface area contributed by atoms with Crippen LogP contribution in [0.3, 0.4) is 0 Å². The molecule has 1 aliphatic heterocycles. The van der Waals surface area contributed by atoms with Crippen LogP contribution in [-0.4, -0.2) is 36.8 Å². The molecular formula is C20H24N6O2. The van der Waals surface area contributed by atoms with E-state index >= 15 is 0 Å². The molecule has 3 heterocycles. The van der Waals surface area contributed by atoms with Crippen LogP contribution in [0, 0.1) is 0 Å². The largest absolute Gasteiger partial charge is 0.356 e. The number of para-hydroxylation sites is 1. The molecule has 0 saturated heterocycles. The van der Waals surface area contributed by atoms with Crippen molar-refractivity contribution in [2.24, 2.45) is 0 Å². The highest BCUT2D eigenvalue weighted by Crippen LogP contribution is 2.14. The van der Waals surface area contributed by atoms with E-state index < -0.39 is 0 Å². The van der Waals surface area contributed by atoms with Gasteiger partial charge in [0.25, 0.3) is 5.56 Å². The number of aryl methyl sites for hydroxylation is 2. The van der Waals surface area contributed by atoms with Gasteiger partial charge in [0.1, 0.15) is 11.6 Å². The van der Waals surface area contributed by atoms with Crippen molar-refractivity contribution < 1.29 is 4.79 Å². The Hall–Kier alpha value is -3.03. The number of carbonyl (C=O) groups is 1. The van der Waals surface area contributed by atoms with Crippen LogP contribution in [0.1, 0.15) is 37.3 Å². The molecule has 8 heteroatoms. The molecule has 146 valence electrons. The molecule has 2 aromatic heterocycles. The Morgan fingerprint density at radius 2 is 2.04 bits per heavy atom. The fourth-order valence-electron chi connectivity index (χ4n) is 3.62. The molecule has 3 aromatic rings. The van der Waals surface area contributed by atoms with Gasteiger partial charge in [-0.15, -0.1) is 10.2 Å². The minimum Gasteiger partial charge on any atom is -0.356 e. The second-order valence-electron chi connectivity index (χ2n) is 7.10. The van der Waals surface area contributed by atoms with Crippen molar-refractivity contribution in [3.05, 3.63) is 52.6 Å². The second kappa shape index (κ2) is 8.33. The number of nitrogens with one attached hydrogen (secondary N) is 1. The molecule has 0 radical (unpaired) electrons. The Balaban J connectivity index is 1.29. The summed E-state index contributed by atoms with van der Waals surface area (Å²) in [5, 5.41) is 12.0. The summed E-state index contributed by atoms with van der Waals surface area (Å²) >= 11 is 0. The third-order valence-corrected chi connectivity index (χ3v) is 5.17. The lowest BCUT2D eigenvalue weighted by atomic mass is 10.2. The third kappa shape index (κ3) is 3.95. The van der Waals surface area contributed by atoms with Crippen LogP contribution >= 0.6 is 0 Å². The predicted molar refractivity (Wildman–Crippen MR) is 105 cm³/mol. The minimum absolute atomic E-state index is 0.0873. The average Bonchev–Trinajstić information content (AvgIpc) is 2.94. The van der Waals surface area contributed by atoms with Crippen molar-refractivity contribution in [3.8, 4) is 0 Å². The first kappa shape index (κ1) is 18.3. The normalized spacial score (nSPS) is 13.9. The van der Waals surface area contributed by atoms with Gasteiger partial charge in [-0.25, -0.2) is 4.98 Å². The lowest BCUT2D eigenvalue weighted by molar-refractivity contribution is -0.121. The Morgan fingerprint density at radius 1 is 1.14 bits per heavy atom. The van der Waals surface area contributed by atoms with Crippen LogP contribution in [0.5, 0.6) is 0 Å². The number of hydrogen-bond donors (Lipinski definition) is 1. The molecule has 0 fully saturated rings. The summed E-state index contributed by atoms with van der Waals surface area (Å²) in [6, 6.07) is 7.22. The smallest absolute Gasteiger partial charge is 0.261 e. The number of benzene rings is 1. The summed E-state index contributed by atoms with van der Waals surface area (Å²) in [5.74, 6) is 1.91. The monoisotopic (exact) mass is 380 g/mol. The van der Waals surface area contributed by atoms with Crippen LogP contribution in [0.2, 0.25) is 0 Å². The van der Waals surface area contributed by atoms with Gasteiger partial charge in [-0.05, 0) is 25.0 Å². The van der Waals surface area contributed by atoms with Crippen molar-refractivity contribution in [3.63, 3.8) is 0 Å². The van der Waals surface area contributed by atoms with E-state index in [4.69, 9.17) is 0 Å². The average molecular weight is 380 g/mol. The summed E-state index contributed by atoms with van der Waals surface area (Å²) in [6.07, 6.45) is 6.92. The molecule has 8 nitrogen and oxygen atoms in total. The molecular weight excluding hydrogens is 356 g/mol. The van der Waals surface area contributed by atoms with Gasteiger partial charge in [0.15, 0.2) is 0 Å². The van der Waals surface area contributed by atoms with Crippen LogP contribution in [0.25, 0.3) is 10.9 Å². The highest BCUT2D eigenvalue weighted by atomic mass is 16.1. The summed E-state index contributed by atoms with van der Waals surface area (Å²) in [7, 11) is 0. The fourth-order valence-corrected chi connectivity index (χ4v) is 3.62. The van der Waals surface area contributed by atoms with Crippen LogP contribution < -0.4 is 10.9 Å². The molecule has 1 N–H and O–H groups in total. The van der Waals surface area contributed by atoms with Gasteiger partial charge < -0.3 is 9.88 Å². The molecule has 0 bridgehead atoms. The number of fused-ring (bicyclic) bond motifs is 2. The second-order valence-corrected chi connectivity index (χ2v) is 7.10. The van der Waals surface area contributed by atoms with Gasteiger partial charge in [-0.2, -0.15) is 0 Å². The van der Waals surface area contributed by atoms with Gasteiger partial charge in [0.05, 0.1) is 17.2 Å².